The van der Waals surface area contributed by atoms with E-state index >= 15 is 0 Å². The van der Waals surface area contributed by atoms with Gasteiger partial charge in [-0.2, -0.15) is 0 Å². The fraction of sp³-hybridized carbons (Fsp3) is 0. The number of hydrogen-bond donors (Lipinski definition) is 0. The summed E-state index contributed by atoms with van der Waals surface area (Å²) in [4.78, 5) is 0. The molecule has 170 valence electrons. The lowest BCUT2D eigenvalue weighted by molar-refractivity contribution is 1.64. The summed E-state index contributed by atoms with van der Waals surface area (Å²) in [6, 6.07) is 41.6. The molecule has 0 bridgehead atoms. The normalized spacial score (nSPS) is 11.7. The van der Waals surface area contributed by atoms with E-state index in [0.29, 0.717) is 0 Å². The molecule has 0 radical (unpaired) electrons. The van der Waals surface area contributed by atoms with Crippen molar-refractivity contribution in [3.63, 3.8) is 0 Å². The van der Waals surface area contributed by atoms with E-state index in [9.17, 15) is 0 Å². The second-order valence-corrected chi connectivity index (χ2v) is 9.01. The highest BCUT2D eigenvalue weighted by atomic mass is 14.2. The highest BCUT2D eigenvalue weighted by Crippen LogP contribution is 2.45. The molecule has 0 spiro atoms. The molecule has 0 saturated heterocycles. The molecule has 0 heterocycles. The third-order valence-corrected chi connectivity index (χ3v) is 7.00. The summed E-state index contributed by atoms with van der Waals surface area (Å²) in [5.41, 5.74) is 7.20. The lowest BCUT2D eigenvalue weighted by atomic mass is 9.83. The Morgan fingerprint density at radius 1 is 0.528 bits per heavy atom. The number of fused-ring (bicyclic) bond motifs is 3. The summed E-state index contributed by atoms with van der Waals surface area (Å²) >= 11 is 0. The van der Waals surface area contributed by atoms with Crippen molar-refractivity contribution >= 4 is 37.9 Å². The topological polar surface area (TPSA) is 0 Å². The van der Waals surface area contributed by atoms with Gasteiger partial charge >= 0.3 is 0 Å². The van der Waals surface area contributed by atoms with Crippen molar-refractivity contribution < 1.29 is 0 Å². The number of benzene rings is 6. The van der Waals surface area contributed by atoms with E-state index in [1.165, 1.54) is 54.6 Å². The van der Waals surface area contributed by atoms with E-state index in [-0.39, 0.29) is 0 Å². The predicted molar refractivity (Wildman–Crippen MR) is 158 cm³/mol. The fourth-order valence-electron chi connectivity index (χ4n) is 5.42. The van der Waals surface area contributed by atoms with Crippen LogP contribution < -0.4 is 0 Å². The highest BCUT2D eigenvalue weighted by Gasteiger charge is 2.18. The summed E-state index contributed by atoms with van der Waals surface area (Å²) in [5.74, 6) is 0. The van der Waals surface area contributed by atoms with Gasteiger partial charge < -0.3 is 0 Å². The zero-order valence-corrected chi connectivity index (χ0v) is 20.1. The largest absolute Gasteiger partial charge is 0.0990 e. The summed E-state index contributed by atoms with van der Waals surface area (Å²) in [7, 11) is 0. The zero-order chi connectivity index (χ0) is 24.5. The van der Waals surface area contributed by atoms with Crippen LogP contribution >= 0.6 is 0 Å². The lowest BCUT2D eigenvalue weighted by Gasteiger charge is -2.19. The van der Waals surface area contributed by atoms with Crippen molar-refractivity contribution in [3.05, 3.63) is 152 Å². The van der Waals surface area contributed by atoms with Crippen LogP contribution in [0, 0.1) is 0 Å². The van der Waals surface area contributed by atoms with Gasteiger partial charge in [0.25, 0.3) is 0 Å². The molecule has 0 aliphatic rings. The van der Waals surface area contributed by atoms with E-state index in [1.807, 2.05) is 18.2 Å². The van der Waals surface area contributed by atoms with E-state index in [1.54, 1.807) is 0 Å². The van der Waals surface area contributed by atoms with Gasteiger partial charge in [0.2, 0.25) is 0 Å². The summed E-state index contributed by atoms with van der Waals surface area (Å²) < 4.78 is 0. The van der Waals surface area contributed by atoms with Crippen molar-refractivity contribution in [1.82, 2.24) is 0 Å². The Morgan fingerprint density at radius 3 is 1.92 bits per heavy atom. The van der Waals surface area contributed by atoms with Gasteiger partial charge in [-0.15, -0.1) is 0 Å². The number of allylic oxidation sites excluding steroid dienone is 4. The summed E-state index contributed by atoms with van der Waals surface area (Å²) in [5, 5.41) is 7.51. The van der Waals surface area contributed by atoms with E-state index < -0.39 is 0 Å². The average molecular weight is 459 g/mol. The third kappa shape index (κ3) is 3.56. The van der Waals surface area contributed by atoms with Crippen LogP contribution in [0.4, 0.5) is 0 Å². The van der Waals surface area contributed by atoms with Crippen LogP contribution in [-0.4, -0.2) is 0 Å². The second-order valence-electron chi connectivity index (χ2n) is 9.01. The van der Waals surface area contributed by atoms with Crippen molar-refractivity contribution in [3.8, 4) is 22.3 Å². The Morgan fingerprint density at radius 2 is 1.17 bits per heavy atom. The average Bonchev–Trinajstić information content (AvgIpc) is 2.94. The molecule has 36 heavy (non-hydrogen) atoms. The fourth-order valence-corrected chi connectivity index (χ4v) is 5.42. The summed E-state index contributed by atoms with van der Waals surface area (Å²) in [6.45, 7) is 7.95. The highest BCUT2D eigenvalue weighted by molar-refractivity contribution is 6.23. The molecule has 0 heteroatoms. The molecular formula is C36H26. The SMILES string of the molecule is C=C/C=C(\C=C)c1ccc2c(-c3cccc4ccccc34)c3ccccc3c(-c3ccccc3)c2c1. The Balaban J connectivity index is 1.83. The van der Waals surface area contributed by atoms with Crippen LogP contribution in [-0.2, 0) is 0 Å². The monoisotopic (exact) mass is 458 g/mol. The number of hydrogen-bond acceptors (Lipinski definition) is 0. The minimum atomic E-state index is 1.06. The molecule has 0 atom stereocenters. The second kappa shape index (κ2) is 9.17. The van der Waals surface area contributed by atoms with Gasteiger partial charge in [0.05, 0.1) is 0 Å². The molecule has 0 aromatic heterocycles. The zero-order valence-electron chi connectivity index (χ0n) is 20.1. The Kier molecular flexibility index (Phi) is 5.56. The minimum absolute atomic E-state index is 1.06. The standard InChI is InChI=1S/C36H26/c1-3-13-25(4-2)28-22-23-33-34(24-28)35(27-15-6-5-7-16-27)31-19-10-11-20-32(31)36(33)30-21-12-17-26-14-8-9-18-29(26)30/h3-24H,1-2H2/b25-13+. The molecule has 0 amide bonds. The third-order valence-electron chi connectivity index (χ3n) is 7.00. The minimum Gasteiger partial charge on any atom is -0.0990 e. The Labute approximate surface area is 212 Å². The first-order valence-corrected chi connectivity index (χ1v) is 12.3. The van der Waals surface area contributed by atoms with E-state index in [0.717, 1.165) is 11.1 Å². The van der Waals surface area contributed by atoms with Crippen LogP contribution in [0.2, 0.25) is 0 Å². The molecule has 0 fully saturated rings. The van der Waals surface area contributed by atoms with Gasteiger partial charge in [-0.25, -0.2) is 0 Å². The van der Waals surface area contributed by atoms with Crippen molar-refractivity contribution in [2.24, 2.45) is 0 Å². The molecular weight excluding hydrogens is 432 g/mol. The molecule has 0 aliphatic carbocycles. The molecule has 6 aromatic rings. The lowest BCUT2D eigenvalue weighted by Crippen LogP contribution is -1.93. The van der Waals surface area contributed by atoms with Crippen molar-refractivity contribution in [2.45, 2.75) is 0 Å². The molecule has 0 N–H and O–H groups in total. The molecule has 0 unspecified atom stereocenters. The molecule has 6 aromatic carbocycles. The Bertz CT molecular complexity index is 1790. The van der Waals surface area contributed by atoms with Gasteiger partial charge in [0, 0.05) is 0 Å². The molecule has 0 nitrogen and oxygen atoms in total. The van der Waals surface area contributed by atoms with Crippen LogP contribution in [0.15, 0.2) is 147 Å². The quantitative estimate of drug-likeness (QED) is 0.178. The van der Waals surface area contributed by atoms with E-state index in [4.69, 9.17) is 0 Å². The van der Waals surface area contributed by atoms with Gasteiger partial charge in [-0.05, 0) is 71.8 Å². The molecule has 0 aliphatic heterocycles. The van der Waals surface area contributed by atoms with E-state index in [2.05, 4.69) is 128 Å². The van der Waals surface area contributed by atoms with Crippen LogP contribution in [0.3, 0.4) is 0 Å². The first-order valence-electron chi connectivity index (χ1n) is 12.3. The first-order chi connectivity index (χ1) is 17.8. The van der Waals surface area contributed by atoms with Crippen LogP contribution in [0.1, 0.15) is 5.56 Å². The van der Waals surface area contributed by atoms with Gasteiger partial charge in [-0.3, -0.25) is 0 Å². The Hall–Kier alpha value is -4.68. The van der Waals surface area contributed by atoms with Crippen molar-refractivity contribution in [2.75, 3.05) is 0 Å². The maximum atomic E-state index is 4.05. The van der Waals surface area contributed by atoms with Crippen molar-refractivity contribution in [1.29, 1.82) is 0 Å². The molecule has 6 rings (SSSR count). The maximum absolute atomic E-state index is 4.05. The predicted octanol–water partition coefficient (Wildman–Crippen LogP) is 10.2. The van der Waals surface area contributed by atoms with Gasteiger partial charge in [0.1, 0.15) is 0 Å². The molecule has 0 saturated carbocycles. The van der Waals surface area contributed by atoms with Gasteiger partial charge in [-0.1, -0.05) is 141 Å². The summed E-state index contributed by atoms with van der Waals surface area (Å²) in [6.07, 6.45) is 5.74. The van der Waals surface area contributed by atoms with Crippen LogP contribution in [0.5, 0.6) is 0 Å². The number of rotatable bonds is 5. The van der Waals surface area contributed by atoms with Crippen LogP contribution in [0.25, 0.3) is 60.1 Å². The van der Waals surface area contributed by atoms with Gasteiger partial charge in [0.15, 0.2) is 0 Å². The maximum Gasteiger partial charge on any atom is -0.00201 e. The first kappa shape index (κ1) is 21.8. The smallest absolute Gasteiger partial charge is 0.00201 e.